The lowest BCUT2D eigenvalue weighted by atomic mass is 9.80. The summed E-state index contributed by atoms with van der Waals surface area (Å²) in [5.41, 5.74) is 0. The second-order valence-corrected chi connectivity index (χ2v) is 4.00. The van der Waals surface area contributed by atoms with Crippen molar-refractivity contribution in [3.63, 3.8) is 0 Å². The number of allylic oxidation sites excluding steroid dienone is 1. The molecule has 76 valence electrons. The van der Waals surface area contributed by atoms with Gasteiger partial charge in [-0.25, -0.2) is 8.78 Å². The fourth-order valence-electron chi connectivity index (χ4n) is 2.22. The van der Waals surface area contributed by atoms with Crippen LogP contribution in [0.5, 0.6) is 0 Å². The maximum absolute atomic E-state index is 12.8. The molecule has 0 aromatic carbocycles. The zero-order chi connectivity index (χ0) is 9.68. The predicted octanol–water partition coefficient (Wildman–Crippen LogP) is 4.37. The minimum atomic E-state index is -0.546. The summed E-state index contributed by atoms with van der Waals surface area (Å²) in [5.74, 6) is 0.0849. The highest BCUT2D eigenvalue weighted by molar-refractivity contribution is 4.95. The Morgan fingerprint density at radius 2 is 1.92 bits per heavy atom. The van der Waals surface area contributed by atoms with E-state index in [0.717, 1.165) is 31.6 Å². The Balaban J connectivity index is 2.30. The van der Waals surface area contributed by atoms with Crippen LogP contribution in [-0.4, -0.2) is 0 Å². The summed E-state index contributed by atoms with van der Waals surface area (Å²) in [5, 5.41) is 0. The summed E-state index contributed by atoms with van der Waals surface area (Å²) >= 11 is 0. The molecule has 0 aliphatic heterocycles. The van der Waals surface area contributed by atoms with Crippen molar-refractivity contribution in [2.45, 2.75) is 45.4 Å². The normalized spacial score (nSPS) is 30.5. The van der Waals surface area contributed by atoms with Gasteiger partial charge in [-0.05, 0) is 31.6 Å². The molecule has 0 nitrogen and oxygen atoms in total. The molecule has 1 saturated carbocycles. The molecule has 0 aromatic heterocycles. The van der Waals surface area contributed by atoms with Gasteiger partial charge in [0.2, 0.25) is 0 Å². The van der Waals surface area contributed by atoms with Gasteiger partial charge in [-0.15, -0.1) is 0 Å². The lowest BCUT2D eigenvalue weighted by Crippen LogP contribution is -2.14. The highest BCUT2D eigenvalue weighted by Gasteiger charge is 2.23. The van der Waals surface area contributed by atoms with Crippen LogP contribution in [0, 0.1) is 11.8 Å². The van der Waals surface area contributed by atoms with Crippen LogP contribution in [0.3, 0.4) is 0 Å². The van der Waals surface area contributed by atoms with Gasteiger partial charge >= 0.3 is 0 Å². The van der Waals surface area contributed by atoms with Crippen LogP contribution in [0.1, 0.15) is 45.4 Å². The van der Waals surface area contributed by atoms with E-state index in [0.29, 0.717) is 0 Å². The van der Waals surface area contributed by atoms with E-state index in [2.05, 4.69) is 6.92 Å². The first kappa shape index (κ1) is 10.7. The van der Waals surface area contributed by atoms with Crippen LogP contribution in [0.4, 0.5) is 8.78 Å². The molecule has 0 N–H and O–H groups in total. The van der Waals surface area contributed by atoms with E-state index < -0.39 is 5.83 Å². The Kier molecular flexibility index (Phi) is 4.40. The number of halogens is 2. The van der Waals surface area contributed by atoms with Crippen molar-refractivity contribution in [1.82, 2.24) is 0 Å². The van der Waals surface area contributed by atoms with Crippen molar-refractivity contribution >= 4 is 0 Å². The Labute approximate surface area is 79.0 Å². The SMILES string of the molecule is CCCC1CCC(C(F)=CF)CC1. The van der Waals surface area contributed by atoms with Crippen molar-refractivity contribution in [2.24, 2.45) is 11.8 Å². The standard InChI is InChI=1S/C11H18F2/c1-2-3-9-4-6-10(7-5-9)11(13)8-12/h8-10H,2-7H2,1H3. The molecule has 2 heteroatoms. The van der Waals surface area contributed by atoms with E-state index in [1.165, 1.54) is 12.8 Å². The van der Waals surface area contributed by atoms with Crippen molar-refractivity contribution in [3.8, 4) is 0 Å². The van der Waals surface area contributed by atoms with Crippen LogP contribution < -0.4 is 0 Å². The smallest absolute Gasteiger partial charge is 0.131 e. The average Bonchev–Trinajstić information content (AvgIpc) is 2.18. The molecule has 1 aliphatic rings. The van der Waals surface area contributed by atoms with Gasteiger partial charge in [-0.2, -0.15) is 0 Å². The van der Waals surface area contributed by atoms with Gasteiger partial charge < -0.3 is 0 Å². The molecule has 13 heavy (non-hydrogen) atoms. The molecule has 0 atom stereocenters. The van der Waals surface area contributed by atoms with Gasteiger partial charge in [-0.3, -0.25) is 0 Å². The minimum Gasteiger partial charge on any atom is -0.213 e. The van der Waals surface area contributed by atoms with Crippen LogP contribution in [-0.2, 0) is 0 Å². The lowest BCUT2D eigenvalue weighted by molar-refractivity contribution is 0.259. The van der Waals surface area contributed by atoms with Gasteiger partial charge in [0.25, 0.3) is 0 Å². The van der Waals surface area contributed by atoms with Crippen LogP contribution in [0.2, 0.25) is 0 Å². The van der Waals surface area contributed by atoms with Crippen LogP contribution in [0.15, 0.2) is 12.2 Å². The van der Waals surface area contributed by atoms with E-state index in [-0.39, 0.29) is 12.2 Å². The monoisotopic (exact) mass is 188 g/mol. The molecular weight excluding hydrogens is 170 g/mol. The zero-order valence-corrected chi connectivity index (χ0v) is 8.23. The summed E-state index contributed by atoms with van der Waals surface area (Å²) in [7, 11) is 0. The van der Waals surface area contributed by atoms with Gasteiger partial charge in [0.15, 0.2) is 0 Å². The Hall–Kier alpha value is -0.400. The van der Waals surface area contributed by atoms with E-state index >= 15 is 0 Å². The largest absolute Gasteiger partial charge is 0.213 e. The maximum atomic E-state index is 12.8. The lowest BCUT2D eigenvalue weighted by Gasteiger charge is -2.26. The molecule has 0 spiro atoms. The summed E-state index contributed by atoms with van der Waals surface area (Å²) in [6.07, 6.45) is 6.38. The van der Waals surface area contributed by atoms with Crippen molar-refractivity contribution < 1.29 is 8.78 Å². The summed E-state index contributed by atoms with van der Waals surface area (Å²) in [6.45, 7) is 2.17. The third-order valence-electron chi connectivity index (χ3n) is 3.04. The van der Waals surface area contributed by atoms with Gasteiger partial charge in [0, 0.05) is 5.92 Å². The third-order valence-corrected chi connectivity index (χ3v) is 3.04. The first-order valence-electron chi connectivity index (χ1n) is 5.23. The van der Waals surface area contributed by atoms with Crippen LogP contribution >= 0.6 is 0 Å². The molecule has 0 amide bonds. The summed E-state index contributed by atoms with van der Waals surface area (Å²) in [4.78, 5) is 0. The fraction of sp³-hybridized carbons (Fsp3) is 0.818. The first-order chi connectivity index (χ1) is 6.27. The quantitative estimate of drug-likeness (QED) is 0.616. The topological polar surface area (TPSA) is 0 Å². The molecular formula is C11H18F2. The first-order valence-corrected chi connectivity index (χ1v) is 5.23. The van der Waals surface area contributed by atoms with Gasteiger partial charge in [0.05, 0.1) is 0 Å². The Morgan fingerprint density at radius 3 is 2.38 bits per heavy atom. The van der Waals surface area contributed by atoms with E-state index in [4.69, 9.17) is 0 Å². The molecule has 0 saturated heterocycles. The molecule has 0 heterocycles. The van der Waals surface area contributed by atoms with Crippen molar-refractivity contribution in [3.05, 3.63) is 12.2 Å². The Bertz CT molecular complexity index is 167. The highest BCUT2D eigenvalue weighted by Crippen LogP contribution is 2.35. The van der Waals surface area contributed by atoms with E-state index in [1.807, 2.05) is 0 Å². The van der Waals surface area contributed by atoms with Crippen molar-refractivity contribution in [1.29, 1.82) is 0 Å². The molecule has 1 fully saturated rings. The number of hydrogen-bond acceptors (Lipinski definition) is 0. The molecule has 1 rings (SSSR count). The molecule has 0 aromatic rings. The van der Waals surface area contributed by atoms with Crippen LogP contribution in [0.25, 0.3) is 0 Å². The Morgan fingerprint density at radius 1 is 1.31 bits per heavy atom. The van der Waals surface area contributed by atoms with E-state index in [1.54, 1.807) is 0 Å². The van der Waals surface area contributed by atoms with Crippen molar-refractivity contribution in [2.75, 3.05) is 0 Å². The summed E-state index contributed by atoms with van der Waals surface area (Å²) in [6, 6.07) is 0. The fourth-order valence-corrected chi connectivity index (χ4v) is 2.22. The molecule has 0 unspecified atom stereocenters. The molecule has 1 aliphatic carbocycles. The van der Waals surface area contributed by atoms with Gasteiger partial charge in [-0.1, -0.05) is 19.8 Å². The number of hydrogen-bond donors (Lipinski definition) is 0. The van der Waals surface area contributed by atoms with Gasteiger partial charge in [0.1, 0.15) is 12.2 Å². The highest BCUT2D eigenvalue weighted by atomic mass is 19.2. The molecule has 0 radical (unpaired) electrons. The van der Waals surface area contributed by atoms with E-state index in [9.17, 15) is 8.78 Å². The molecule has 0 bridgehead atoms. The summed E-state index contributed by atoms with van der Waals surface area (Å²) < 4.78 is 24.7. The third kappa shape index (κ3) is 3.09. The number of rotatable bonds is 3. The predicted molar refractivity (Wildman–Crippen MR) is 50.7 cm³/mol. The average molecular weight is 188 g/mol. The maximum Gasteiger partial charge on any atom is 0.131 e. The second-order valence-electron chi connectivity index (χ2n) is 4.00. The second kappa shape index (κ2) is 5.36. The zero-order valence-electron chi connectivity index (χ0n) is 8.23. The minimum absolute atomic E-state index is 0.127.